The molecule has 2 rings (SSSR count). The maximum Gasteiger partial charge on any atom is 0.337 e. The molecule has 2 aromatic carbocycles. The maximum atomic E-state index is 11.3. The molecule has 4 nitrogen and oxygen atoms in total. The van der Waals surface area contributed by atoms with Gasteiger partial charge in [-0.05, 0) is 29.7 Å². The molecule has 0 aliphatic carbocycles. The third-order valence-corrected chi connectivity index (χ3v) is 3.32. The van der Waals surface area contributed by atoms with E-state index in [0.717, 1.165) is 12.0 Å². The highest BCUT2D eigenvalue weighted by atomic mass is 35.5. The standard InChI is InChI=1S/C18H21NO3.ClH/c1-21-18(20)16-9-7-15(8-10-16)12-22-13-17(19)11-14-5-3-2-4-6-14;/h2-10,17H,11-13,19H2,1H3;1H/t17-;/m0./s1. The summed E-state index contributed by atoms with van der Waals surface area (Å²) in [5, 5.41) is 0. The Kier molecular flexibility index (Phi) is 8.33. The monoisotopic (exact) mass is 335 g/mol. The third-order valence-electron chi connectivity index (χ3n) is 3.32. The molecule has 0 spiro atoms. The minimum atomic E-state index is -0.336. The van der Waals surface area contributed by atoms with Crippen LogP contribution in [0.3, 0.4) is 0 Å². The molecule has 2 aromatic rings. The van der Waals surface area contributed by atoms with Crippen LogP contribution < -0.4 is 5.73 Å². The molecule has 0 radical (unpaired) electrons. The number of ether oxygens (including phenoxy) is 2. The number of hydrogen-bond acceptors (Lipinski definition) is 4. The number of carbonyl (C=O) groups is 1. The van der Waals surface area contributed by atoms with Gasteiger partial charge in [-0.25, -0.2) is 4.79 Å². The van der Waals surface area contributed by atoms with Crippen molar-refractivity contribution in [2.24, 2.45) is 5.73 Å². The van der Waals surface area contributed by atoms with Crippen LogP contribution in [0.2, 0.25) is 0 Å². The van der Waals surface area contributed by atoms with Crippen molar-refractivity contribution in [1.82, 2.24) is 0 Å². The Hall–Kier alpha value is -1.88. The van der Waals surface area contributed by atoms with Crippen LogP contribution in [0.25, 0.3) is 0 Å². The molecule has 0 saturated heterocycles. The normalized spacial score (nSPS) is 11.4. The summed E-state index contributed by atoms with van der Waals surface area (Å²) < 4.78 is 10.3. The molecule has 2 N–H and O–H groups in total. The van der Waals surface area contributed by atoms with Crippen molar-refractivity contribution in [2.45, 2.75) is 19.1 Å². The summed E-state index contributed by atoms with van der Waals surface area (Å²) in [6.07, 6.45) is 0.794. The van der Waals surface area contributed by atoms with Crippen LogP contribution in [0.15, 0.2) is 54.6 Å². The average molecular weight is 336 g/mol. The van der Waals surface area contributed by atoms with Crippen LogP contribution in [0, 0.1) is 0 Å². The predicted octanol–water partition coefficient (Wildman–Crippen LogP) is 2.98. The zero-order valence-corrected chi connectivity index (χ0v) is 13.9. The second-order valence-corrected chi connectivity index (χ2v) is 5.15. The van der Waals surface area contributed by atoms with E-state index in [4.69, 9.17) is 10.5 Å². The number of nitrogens with two attached hydrogens (primary N) is 1. The first-order valence-corrected chi connectivity index (χ1v) is 7.23. The molecule has 0 fully saturated rings. The van der Waals surface area contributed by atoms with Gasteiger partial charge in [0, 0.05) is 6.04 Å². The van der Waals surface area contributed by atoms with Crippen molar-refractivity contribution in [2.75, 3.05) is 13.7 Å². The van der Waals surface area contributed by atoms with Crippen molar-refractivity contribution < 1.29 is 14.3 Å². The van der Waals surface area contributed by atoms with E-state index in [-0.39, 0.29) is 24.4 Å². The predicted molar refractivity (Wildman–Crippen MR) is 92.8 cm³/mol. The molecule has 0 amide bonds. The number of halogens is 1. The Morgan fingerprint density at radius 2 is 1.70 bits per heavy atom. The quantitative estimate of drug-likeness (QED) is 0.790. The van der Waals surface area contributed by atoms with Crippen molar-refractivity contribution >= 4 is 18.4 Å². The summed E-state index contributed by atoms with van der Waals surface area (Å²) >= 11 is 0. The topological polar surface area (TPSA) is 61.5 Å². The number of methoxy groups -OCH3 is 1. The van der Waals surface area contributed by atoms with Gasteiger partial charge in [0.25, 0.3) is 0 Å². The van der Waals surface area contributed by atoms with Crippen LogP contribution in [-0.2, 0) is 22.5 Å². The van der Waals surface area contributed by atoms with Crippen molar-refractivity contribution in [3.05, 3.63) is 71.3 Å². The minimum absolute atomic E-state index is 0. The fraction of sp³-hybridized carbons (Fsp3) is 0.278. The van der Waals surface area contributed by atoms with Gasteiger partial charge in [0.2, 0.25) is 0 Å². The zero-order chi connectivity index (χ0) is 15.8. The molecular formula is C18H22ClNO3. The van der Waals surface area contributed by atoms with Gasteiger partial charge < -0.3 is 15.2 Å². The van der Waals surface area contributed by atoms with Gasteiger partial charge in [0.15, 0.2) is 0 Å². The van der Waals surface area contributed by atoms with Crippen LogP contribution in [0.4, 0.5) is 0 Å². The molecule has 5 heteroatoms. The highest BCUT2D eigenvalue weighted by Crippen LogP contribution is 2.08. The van der Waals surface area contributed by atoms with Gasteiger partial charge in [-0.15, -0.1) is 12.4 Å². The average Bonchev–Trinajstić information content (AvgIpc) is 2.55. The van der Waals surface area contributed by atoms with Gasteiger partial charge in [-0.2, -0.15) is 0 Å². The summed E-state index contributed by atoms with van der Waals surface area (Å²) in [6.45, 7) is 0.970. The molecule has 0 aliphatic rings. The fourth-order valence-corrected chi connectivity index (χ4v) is 2.16. The minimum Gasteiger partial charge on any atom is -0.465 e. The Morgan fingerprint density at radius 1 is 1.04 bits per heavy atom. The van der Waals surface area contributed by atoms with Crippen LogP contribution in [0.1, 0.15) is 21.5 Å². The lowest BCUT2D eigenvalue weighted by Crippen LogP contribution is -2.28. The lowest BCUT2D eigenvalue weighted by molar-refractivity contribution is 0.0600. The fourth-order valence-electron chi connectivity index (χ4n) is 2.16. The van der Waals surface area contributed by atoms with Crippen LogP contribution >= 0.6 is 12.4 Å². The van der Waals surface area contributed by atoms with Crippen LogP contribution in [0.5, 0.6) is 0 Å². The van der Waals surface area contributed by atoms with Gasteiger partial charge in [-0.1, -0.05) is 42.5 Å². The first kappa shape index (κ1) is 19.2. The lowest BCUT2D eigenvalue weighted by atomic mass is 10.1. The Bertz CT molecular complexity index is 587. The van der Waals surface area contributed by atoms with E-state index >= 15 is 0 Å². The van der Waals surface area contributed by atoms with Gasteiger partial charge in [-0.3, -0.25) is 0 Å². The first-order valence-electron chi connectivity index (χ1n) is 7.23. The maximum absolute atomic E-state index is 11.3. The molecule has 124 valence electrons. The molecule has 1 atom stereocenters. The van der Waals surface area contributed by atoms with Gasteiger partial charge in [0.1, 0.15) is 0 Å². The number of hydrogen-bond donors (Lipinski definition) is 1. The molecule has 0 saturated carbocycles. The molecule has 0 aliphatic heterocycles. The van der Waals surface area contributed by atoms with E-state index in [2.05, 4.69) is 16.9 Å². The largest absolute Gasteiger partial charge is 0.465 e. The van der Waals surface area contributed by atoms with E-state index in [1.54, 1.807) is 12.1 Å². The third kappa shape index (κ3) is 6.40. The number of rotatable bonds is 7. The summed E-state index contributed by atoms with van der Waals surface area (Å²) in [7, 11) is 1.37. The van der Waals surface area contributed by atoms with Crippen LogP contribution in [-0.4, -0.2) is 25.7 Å². The Labute approximate surface area is 143 Å². The summed E-state index contributed by atoms with van der Waals surface area (Å²) in [4.78, 5) is 11.3. The molecule has 23 heavy (non-hydrogen) atoms. The Morgan fingerprint density at radius 3 is 2.30 bits per heavy atom. The van der Waals surface area contributed by atoms with E-state index in [9.17, 15) is 4.79 Å². The highest BCUT2D eigenvalue weighted by Gasteiger charge is 2.06. The summed E-state index contributed by atoms with van der Waals surface area (Å²) in [5.74, 6) is -0.336. The zero-order valence-electron chi connectivity index (χ0n) is 13.1. The Balaban J connectivity index is 0.00000264. The summed E-state index contributed by atoms with van der Waals surface area (Å²) in [5.41, 5.74) is 8.81. The second-order valence-electron chi connectivity index (χ2n) is 5.15. The first-order chi connectivity index (χ1) is 10.7. The molecule has 0 heterocycles. The number of benzene rings is 2. The molecule has 0 aromatic heterocycles. The SMILES string of the molecule is COC(=O)c1ccc(COC[C@@H](N)Cc2ccccc2)cc1.Cl. The molecular weight excluding hydrogens is 314 g/mol. The number of esters is 1. The van der Waals surface area contributed by atoms with Crippen molar-refractivity contribution in [1.29, 1.82) is 0 Å². The van der Waals surface area contributed by atoms with E-state index in [0.29, 0.717) is 18.8 Å². The van der Waals surface area contributed by atoms with Crippen molar-refractivity contribution in [3.8, 4) is 0 Å². The molecule has 0 bridgehead atoms. The van der Waals surface area contributed by atoms with E-state index < -0.39 is 0 Å². The summed E-state index contributed by atoms with van der Waals surface area (Å²) in [6, 6.07) is 17.3. The highest BCUT2D eigenvalue weighted by molar-refractivity contribution is 5.89. The van der Waals surface area contributed by atoms with E-state index in [1.165, 1.54) is 12.7 Å². The number of carbonyl (C=O) groups excluding carboxylic acids is 1. The van der Waals surface area contributed by atoms with E-state index in [1.807, 2.05) is 30.3 Å². The van der Waals surface area contributed by atoms with Crippen molar-refractivity contribution in [3.63, 3.8) is 0 Å². The second kappa shape index (κ2) is 10.0. The lowest BCUT2D eigenvalue weighted by Gasteiger charge is -2.12. The van der Waals surface area contributed by atoms with Gasteiger partial charge >= 0.3 is 5.97 Å². The smallest absolute Gasteiger partial charge is 0.337 e. The molecule has 0 unspecified atom stereocenters. The van der Waals surface area contributed by atoms with Gasteiger partial charge in [0.05, 0.1) is 25.9 Å².